The van der Waals surface area contributed by atoms with E-state index >= 15 is 0 Å². The number of pyridine rings is 1. The molecule has 1 rings (SSSR count). The number of hydrogen-bond acceptors (Lipinski definition) is 3. The van der Waals surface area contributed by atoms with Gasteiger partial charge < -0.3 is 0 Å². The molecule has 0 radical (unpaired) electrons. The maximum atomic E-state index is 8.11. The second kappa shape index (κ2) is 4.05. The maximum Gasteiger partial charge on any atom is 0.124 e. The first-order valence-electron chi connectivity index (χ1n) is 3.57. The third-order valence-corrected chi connectivity index (χ3v) is 1.51. The highest BCUT2D eigenvalue weighted by Gasteiger charge is 1.93. The van der Waals surface area contributed by atoms with E-state index < -0.39 is 0 Å². The Hall–Kier alpha value is -0.930. The molecule has 0 atom stereocenters. The summed E-state index contributed by atoms with van der Waals surface area (Å²) in [6.07, 6.45) is 2.77. The van der Waals surface area contributed by atoms with Crippen LogP contribution in [0.4, 0.5) is 0 Å². The van der Waals surface area contributed by atoms with Gasteiger partial charge in [-0.1, -0.05) is 13.0 Å². The van der Waals surface area contributed by atoms with E-state index in [0.29, 0.717) is 0 Å². The zero-order valence-electron chi connectivity index (χ0n) is 6.45. The molecular weight excluding hydrogens is 142 g/mol. The van der Waals surface area contributed by atoms with Crippen molar-refractivity contribution in [1.82, 2.24) is 4.98 Å². The lowest BCUT2D eigenvalue weighted by Gasteiger charge is -1.98. The monoisotopic (exact) mass is 153 g/mol. The lowest BCUT2D eigenvalue weighted by molar-refractivity contribution is -0.253. The van der Waals surface area contributed by atoms with Crippen LogP contribution in [0.3, 0.4) is 0 Å². The minimum atomic E-state index is 0.157. The Morgan fingerprint density at radius 2 is 2.36 bits per heavy atom. The van der Waals surface area contributed by atoms with Crippen molar-refractivity contribution >= 4 is 0 Å². The third-order valence-electron chi connectivity index (χ3n) is 1.51. The third kappa shape index (κ3) is 2.29. The Morgan fingerprint density at radius 1 is 1.55 bits per heavy atom. The lowest BCUT2D eigenvalue weighted by atomic mass is 10.2. The van der Waals surface area contributed by atoms with Gasteiger partial charge in [0.2, 0.25) is 0 Å². The lowest BCUT2D eigenvalue weighted by Crippen LogP contribution is -1.92. The molecule has 11 heavy (non-hydrogen) atoms. The van der Waals surface area contributed by atoms with E-state index in [4.69, 9.17) is 5.26 Å². The fourth-order valence-electron chi connectivity index (χ4n) is 0.816. The van der Waals surface area contributed by atoms with E-state index in [9.17, 15) is 0 Å². The van der Waals surface area contributed by atoms with E-state index in [1.54, 1.807) is 6.20 Å². The van der Waals surface area contributed by atoms with Crippen molar-refractivity contribution in [2.24, 2.45) is 0 Å². The summed E-state index contributed by atoms with van der Waals surface area (Å²) in [6.45, 7) is 2.23. The van der Waals surface area contributed by atoms with Gasteiger partial charge in [-0.05, 0) is 18.1 Å². The molecule has 1 N–H and O–H groups in total. The van der Waals surface area contributed by atoms with Gasteiger partial charge in [0.05, 0.1) is 5.69 Å². The van der Waals surface area contributed by atoms with Crippen LogP contribution in [0.5, 0.6) is 0 Å². The largest absolute Gasteiger partial charge is 0.258 e. The molecule has 60 valence electrons. The Kier molecular flexibility index (Phi) is 3.01. The Bertz CT molecular complexity index is 208. The highest BCUT2D eigenvalue weighted by molar-refractivity contribution is 5.13. The molecule has 0 unspecified atom stereocenters. The molecule has 1 aromatic heterocycles. The molecule has 0 amide bonds. The quantitative estimate of drug-likeness (QED) is 0.530. The first-order chi connectivity index (χ1) is 5.36. The summed E-state index contributed by atoms with van der Waals surface area (Å²) < 4.78 is 0. The van der Waals surface area contributed by atoms with E-state index in [-0.39, 0.29) is 6.61 Å². The maximum absolute atomic E-state index is 8.11. The van der Waals surface area contributed by atoms with E-state index in [0.717, 1.165) is 12.1 Å². The molecule has 0 saturated heterocycles. The molecule has 1 heterocycles. The predicted octanol–water partition coefficient (Wildman–Crippen LogP) is 1.63. The molecule has 1 aromatic rings. The van der Waals surface area contributed by atoms with Crippen molar-refractivity contribution in [2.45, 2.75) is 20.0 Å². The second-order valence-electron chi connectivity index (χ2n) is 2.28. The molecular formula is C8H11NO2. The van der Waals surface area contributed by atoms with Gasteiger partial charge in [0.1, 0.15) is 6.61 Å². The van der Waals surface area contributed by atoms with Crippen molar-refractivity contribution in [3.05, 3.63) is 29.6 Å². The summed E-state index contributed by atoms with van der Waals surface area (Å²) in [5, 5.41) is 8.11. The highest BCUT2D eigenvalue weighted by Crippen LogP contribution is 2.01. The molecule has 0 aromatic carbocycles. The van der Waals surface area contributed by atoms with Crippen LogP contribution < -0.4 is 0 Å². The number of rotatable bonds is 3. The van der Waals surface area contributed by atoms with Gasteiger partial charge in [-0.25, -0.2) is 4.89 Å². The molecule has 0 bridgehead atoms. The van der Waals surface area contributed by atoms with E-state index in [2.05, 4.69) is 16.8 Å². The van der Waals surface area contributed by atoms with Gasteiger partial charge in [-0.2, -0.15) is 0 Å². The molecule has 0 aliphatic carbocycles. The molecule has 0 aliphatic rings. The van der Waals surface area contributed by atoms with Gasteiger partial charge in [0.25, 0.3) is 0 Å². The van der Waals surface area contributed by atoms with Crippen molar-refractivity contribution < 1.29 is 10.1 Å². The van der Waals surface area contributed by atoms with Gasteiger partial charge in [-0.3, -0.25) is 10.2 Å². The molecule has 0 saturated carbocycles. The zero-order chi connectivity index (χ0) is 8.10. The van der Waals surface area contributed by atoms with Crippen molar-refractivity contribution in [3.8, 4) is 0 Å². The topological polar surface area (TPSA) is 42.4 Å². The van der Waals surface area contributed by atoms with Crippen molar-refractivity contribution in [1.29, 1.82) is 0 Å². The van der Waals surface area contributed by atoms with Crippen LogP contribution >= 0.6 is 0 Å². The molecule has 3 nitrogen and oxygen atoms in total. The average molecular weight is 153 g/mol. The summed E-state index contributed by atoms with van der Waals surface area (Å²) in [7, 11) is 0. The average Bonchev–Trinajstić information content (AvgIpc) is 2.07. The fraction of sp³-hybridized carbons (Fsp3) is 0.375. The number of hydrogen-bond donors (Lipinski definition) is 1. The van der Waals surface area contributed by atoms with Crippen molar-refractivity contribution in [3.63, 3.8) is 0 Å². The van der Waals surface area contributed by atoms with Crippen molar-refractivity contribution in [2.75, 3.05) is 0 Å². The minimum absolute atomic E-state index is 0.157. The van der Waals surface area contributed by atoms with Gasteiger partial charge in [0, 0.05) is 6.20 Å². The molecule has 0 fully saturated rings. The van der Waals surface area contributed by atoms with Gasteiger partial charge >= 0.3 is 0 Å². The second-order valence-corrected chi connectivity index (χ2v) is 2.28. The first kappa shape index (κ1) is 8.17. The predicted molar refractivity (Wildman–Crippen MR) is 41.0 cm³/mol. The van der Waals surface area contributed by atoms with Gasteiger partial charge in [0.15, 0.2) is 0 Å². The summed E-state index contributed by atoms with van der Waals surface area (Å²) >= 11 is 0. The van der Waals surface area contributed by atoms with Crippen LogP contribution in [-0.2, 0) is 17.9 Å². The summed E-state index contributed by atoms with van der Waals surface area (Å²) in [4.78, 5) is 7.99. The van der Waals surface area contributed by atoms with Gasteiger partial charge in [-0.15, -0.1) is 0 Å². The van der Waals surface area contributed by atoms with E-state index in [1.165, 1.54) is 5.56 Å². The smallest absolute Gasteiger partial charge is 0.124 e. The number of nitrogens with zero attached hydrogens (tertiary/aromatic N) is 1. The van der Waals surface area contributed by atoms with Crippen LogP contribution in [-0.4, -0.2) is 10.2 Å². The Balaban J connectivity index is 2.66. The highest BCUT2D eigenvalue weighted by atomic mass is 17.1. The molecule has 0 aliphatic heterocycles. The van der Waals surface area contributed by atoms with Crippen LogP contribution in [0.1, 0.15) is 18.2 Å². The van der Waals surface area contributed by atoms with Crippen LogP contribution in [0, 0.1) is 0 Å². The minimum Gasteiger partial charge on any atom is -0.258 e. The Morgan fingerprint density at radius 3 is 2.82 bits per heavy atom. The standard InChI is InChI=1S/C8H11NO2/c1-2-7-3-4-8(6-11-10)9-5-7/h3-5,10H,2,6H2,1H3. The van der Waals surface area contributed by atoms with Crippen LogP contribution in [0.25, 0.3) is 0 Å². The number of aryl methyl sites for hydroxylation is 1. The SMILES string of the molecule is CCc1ccc(COO)nc1. The fourth-order valence-corrected chi connectivity index (χ4v) is 0.816. The van der Waals surface area contributed by atoms with Crippen LogP contribution in [0.2, 0.25) is 0 Å². The van der Waals surface area contributed by atoms with Crippen LogP contribution in [0.15, 0.2) is 18.3 Å². The normalized spacial score (nSPS) is 10.0. The summed E-state index contributed by atoms with van der Waals surface area (Å²) in [5.74, 6) is 0. The first-order valence-corrected chi connectivity index (χ1v) is 3.57. The molecule has 3 heteroatoms. The summed E-state index contributed by atoms with van der Waals surface area (Å²) in [6, 6.07) is 3.82. The summed E-state index contributed by atoms with van der Waals surface area (Å²) in [5.41, 5.74) is 1.93. The molecule has 0 spiro atoms. The Labute approximate surface area is 65.6 Å². The zero-order valence-corrected chi connectivity index (χ0v) is 6.45. The van der Waals surface area contributed by atoms with E-state index in [1.807, 2.05) is 12.1 Å². The number of aromatic nitrogens is 1.